The third-order valence-corrected chi connectivity index (χ3v) is 4.70. The van der Waals surface area contributed by atoms with Crippen LogP contribution in [0.3, 0.4) is 0 Å². The molecule has 1 aliphatic rings. The molecule has 0 spiro atoms. The Morgan fingerprint density at radius 2 is 1.96 bits per heavy atom. The monoisotopic (exact) mass is 373 g/mol. The molecule has 1 saturated heterocycles. The van der Waals surface area contributed by atoms with Gasteiger partial charge in [0.1, 0.15) is 0 Å². The van der Waals surface area contributed by atoms with E-state index >= 15 is 0 Å². The average Bonchev–Trinajstić information content (AvgIpc) is 2.54. The predicted octanol–water partition coefficient (Wildman–Crippen LogP) is 0.587. The van der Waals surface area contributed by atoms with Crippen LogP contribution in [0.5, 0.6) is 0 Å². The van der Waals surface area contributed by atoms with E-state index in [4.69, 9.17) is 11.6 Å². The largest absolute Gasteiger partial charge is 0.368 e. The summed E-state index contributed by atoms with van der Waals surface area (Å²) in [5.74, 6) is 0.788. The second-order valence-corrected chi connectivity index (χ2v) is 7.86. The van der Waals surface area contributed by atoms with Gasteiger partial charge in [0, 0.05) is 57.0 Å². The van der Waals surface area contributed by atoms with Crippen molar-refractivity contribution in [1.82, 2.24) is 14.9 Å². The van der Waals surface area contributed by atoms with Crippen LogP contribution >= 0.6 is 11.6 Å². The molecule has 0 radical (unpaired) electrons. The number of nitrogens with zero attached hydrogens (tertiary/aromatic N) is 3. The third-order valence-electron chi connectivity index (χ3n) is 3.74. The number of piperazine rings is 1. The number of halogens is 1. The first-order valence-corrected chi connectivity index (χ1v) is 10.1. The molecular formula is C15H24ClN5O2S. The van der Waals surface area contributed by atoms with Gasteiger partial charge < -0.3 is 15.1 Å². The van der Waals surface area contributed by atoms with Gasteiger partial charge in [0.2, 0.25) is 10.0 Å². The molecule has 0 atom stereocenters. The van der Waals surface area contributed by atoms with Gasteiger partial charge in [-0.2, -0.15) is 0 Å². The Hall–Kier alpha value is -1.51. The van der Waals surface area contributed by atoms with E-state index < -0.39 is 10.0 Å². The van der Waals surface area contributed by atoms with E-state index in [-0.39, 0.29) is 0 Å². The smallest absolute Gasteiger partial charge is 0.208 e. The number of anilines is 1. The molecule has 0 amide bonds. The summed E-state index contributed by atoms with van der Waals surface area (Å²) in [7, 11) is -1.42. The summed E-state index contributed by atoms with van der Waals surface area (Å²) in [5.41, 5.74) is 1.13. The maximum absolute atomic E-state index is 11.0. The molecule has 1 aliphatic heterocycles. The highest BCUT2D eigenvalue weighted by molar-refractivity contribution is 7.88. The van der Waals surface area contributed by atoms with Gasteiger partial charge in [-0.1, -0.05) is 17.7 Å². The minimum atomic E-state index is -3.16. The third kappa shape index (κ3) is 5.85. The van der Waals surface area contributed by atoms with Gasteiger partial charge in [0.15, 0.2) is 5.96 Å². The van der Waals surface area contributed by atoms with Gasteiger partial charge >= 0.3 is 0 Å². The maximum atomic E-state index is 11.0. The Bertz CT molecular complexity index is 672. The number of sulfonamides is 1. The fraction of sp³-hybridized carbons (Fsp3) is 0.533. The summed E-state index contributed by atoms with van der Waals surface area (Å²) in [6.07, 6.45) is 1.15. The van der Waals surface area contributed by atoms with E-state index in [2.05, 4.69) is 30.9 Å². The summed E-state index contributed by atoms with van der Waals surface area (Å²) in [4.78, 5) is 8.73. The number of guanidine groups is 1. The lowest BCUT2D eigenvalue weighted by molar-refractivity contribution is 0.373. The van der Waals surface area contributed by atoms with E-state index in [0.29, 0.717) is 13.1 Å². The van der Waals surface area contributed by atoms with E-state index in [0.717, 1.165) is 49.1 Å². The lowest BCUT2D eigenvalue weighted by Gasteiger charge is -2.37. The molecule has 0 aromatic heterocycles. The van der Waals surface area contributed by atoms with E-state index in [1.165, 1.54) is 0 Å². The average molecular weight is 374 g/mol. The maximum Gasteiger partial charge on any atom is 0.208 e. The summed E-state index contributed by atoms with van der Waals surface area (Å²) in [6, 6.07) is 7.86. The van der Waals surface area contributed by atoms with Gasteiger partial charge in [-0.15, -0.1) is 0 Å². The number of aliphatic imine (C=N–C) groups is 1. The fourth-order valence-corrected chi connectivity index (χ4v) is 3.25. The summed E-state index contributed by atoms with van der Waals surface area (Å²) in [6.45, 7) is 4.26. The molecule has 2 rings (SSSR count). The second kappa shape index (κ2) is 8.55. The molecule has 0 bridgehead atoms. The zero-order valence-corrected chi connectivity index (χ0v) is 15.6. The highest BCUT2D eigenvalue weighted by Gasteiger charge is 2.19. The van der Waals surface area contributed by atoms with E-state index in [1.807, 2.05) is 18.2 Å². The molecule has 1 heterocycles. The van der Waals surface area contributed by atoms with Crippen molar-refractivity contribution in [3.05, 3.63) is 29.3 Å². The van der Waals surface area contributed by atoms with Crippen LogP contribution in [0, 0.1) is 0 Å². The van der Waals surface area contributed by atoms with Crippen LogP contribution in [-0.2, 0) is 10.0 Å². The van der Waals surface area contributed by atoms with Gasteiger partial charge in [0.05, 0.1) is 6.26 Å². The Morgan fingerprint density at radius 3 is 2.54 bits per heavy atom. The van der Waals surface area contributed by atoms with Crippen LogP contribution in [0.15, 0.2) is 29.3 Å². The Morgan fingerprint density at radius 1 is 1.25 bits per heavy atom. The van der Waals surface area contributed by atoms with Crippen molar-refractivity contribution >= 4 is 33.3 Å². The molecule has 2 N–H and O–H groups in total. The zero-order valence-electron chi connectivity index (χ0n) is 14.0. The summed E-state index contributed by atoms with van der Waals surface area (Å²) in [5, 5.41) is 3.93. The molecule has 0 saturated carbocycles. The molecule has 24 heavy (non-hydrogen) atoms. The minimum absolute atomic E-state index is 0.334. The van der Waals surface area contributed by atoms with Crippen LogP contribution in [0.4, 0.5) is 5.69 Å². The first-order valence-electron chi connectivity index (χ1n) is 7.80. The van der Waals surface area contributed by atoms with Crippen LogP contribution in [0.2, 0.25) is 5.02 Å². The Labute approximate surface area is 148 Å². The van der Waals surface area contributed by atoms with Crippen molar-refractivity contribution in [2.75, 3.05) is 57.5 Å². The van der Waals surface area contributed by atoms with Crippen LogP contribution in [0.25, 0.3) is 0 Å². The molecule has 0 aliphatic carbocycles. The zero-order chi connectivity index (χ0) is 17.6. The van der Waals surface area contributed by atoms with Crippen LogP contribution in [0.1, 0.15) is 0 Å². The number of benzene rings is 1. The van der Waals surface area contributed by atoms with Crippen LogP contribution in [-0.4, -0.2) is 71.8 Å². The lowest BCUT2D eigenvalue weighted by Crippen LogP contribution is -2.53. The number of nitrogens with one attached hydrogen (secondary N) is 2. The van der Waals surface area contributed by atoms with Gasteiger partial charge in [0.25, 0.3) is 0 Å². The lowest BCUT2D eigenvalue weighted by atomic mass is 10.2. The van der Waals surface area contributed by atoms with Crippen molar-refractivity contribution in [3.8, 4) is 0 Å². The first-order chi connectivity index (χ1) is 11.4. The standard InChI is InChI=1S/C15H24ClN5O2S/c1-17-15(18-6-7-19-24(2,22)23)21-10-8-20(9-11-21)14-5-3-4-13(16)12-14/h3-5,12,19H,6-11H2,1-2H3,(H,17,18). The highest BCUT2D eigenvalue weighted by atomic mass is 35.5. The highest BCUT2D eigenvalue weighted by Crippen LogP contribution is 2.20. The van der Waals surface area contributed by atoms with Crippen molar-refractivity contribution in [2.24, 2.45) is 4.99 Å². The molecular weight excluding hydrogens is 350 g/mol. The van der Waals surface area contributed by atoms with Gasteiger partial charge in [-0.3, -0.25) is 4.99 Å². The quantitative estimate of drug-likeness (QED) is 0.448. The molecule has 0 unspecified atom stereocenters. The molecule has 134 valence electrons. The first kappa shape index (κ1) is 18.8. The van der Waals surface area contributed by atoms with Crippen molar-refractivity contribution in [3.63, 3.8) is 0 Å². The van der Waals surface area contributed by atoms with Gasteiger partial charge in [-0.05, 0) is 18.2 Å². The molecule has 7 nitrogen and oxygen atoms in total. The van der Waals surface area contributed by atoms with Gasteiger partial charge in [-0.25, -0.2) is 13.1 Å². The van der Waals surface area contributed by atoms with Crippen molar-refractivity contribution in [1.29, 1.82) is 0 Å². The molecule has 1 aromatic rings. The number of hydrogen-bond donors (Lipinski definition) is 2. The Kier molecular flexibility index (Phi) is 6.70. The van der Waals surface area contributed by atoms with E-state index in [9.17, 15) is 8.42 Å². The Balaban J connectivity index is 1.81. The van der Waals surface area contributed by atoms with E-state index in [1.54, 1.807) is 7.05 Å². The predicted molar refractivity (Wildman–Crippen MR) is 99.4 cm³/mol. The molecule has 1 aromatic carbocycles. The number of rotatable bonds is 5. The molecule has 1 fully saturated rings. The summed E-state index contributed by atoms with van der Waals surface area (Å²) < 4.78 is 24.5. The van der Waals surface area contributed by atoms with Crippen molar-refractivity contribution < 1.29 is 8.42 Å². The number of hydrogen-bond acceptors (Lipinski definition) is 4. The minimum Gasteiger partial charge on any atom is -0.368 e. The van der Waals surface area contributed by atoms with Crippen LogP contribution < -0.4 is 14.9 Å². The fourth-order valence-electron chi connectivity index (χ4n) is 2.59. The normalized spacial score (nSPS) is 16.4. The van der Waals surface area contributed by atoms with Crippen molar-refractivity contribution in [2.45, 2.75) is 0 Å². The molecule has 9 heteroatoms. The summed E-state index contributed by atoms with van der Waals surface area (Å²) >= 11 is 6.05. The topological polar surface area (TPSA) is 77.0 Å². The second-order valence-electron chi connectivity index (χ2n) is 5.59. The SMILES string of the molecule is CN=C(NCCNS(C)(=O)=O)N1CCN(c2cccc(Cl)c2)CC1.